The van der Waals surface area contributed by atoms with E-state index < -0.39 is 10.8 Å². The van der Waals surface area contributed by atoms with Crippen molar-refractivity contribution >= 4 is 41.0 Å². The second-order valence-corrected chi connectivity index (χ2v) is 5.35. The van der Waals surface area contributed by atoms with E-state index in [1.165, 1.54) is 30.5 Å². The van der Waals surface area contributed by atoms with Crippen LogP contribution in [0.5, 0.6) is 5.75 Å². The zero-order valence-electron chi connectivity index (χ0n) is 12.1. The number of amides is 1. The van der Waals surface area contributed by atoms with Crippen molar-refractivity contribution in [3.8, 4) is 5.75 Å². The molecule has 0 saturated carbocycles. The first-order chi connectivity index (χ1) is 11.5. The van der Waals surface area contributed by atoms with Crippen LogP contribution in [0.1, 0.15) is 5.56 Å². The lowest BCUT2D eigenvalue weighted by molar-refractivity contribution is -0.384. The Morgan fingerprint density at radius 2 is 2.08 bits per heavy atom. The molecular weight excluding hydrogens is 357 g/mol. The summed E-state index contributed by atoms with van der Waals surface area (Å²) < 4.78 is 5.24. The number of hydrogen-bond donors (Lipinski definition) is 1. The molecule has 0 aromatic heterocycles. The molecule has 0 saturated heterocycles. The van der Waals surface area contributed by atoms with Crippen LogP contribution in [-0.4, -0.2) is 23.7 Å². The Morgan fingerprint density at radius 1 is 1.29 bits per heavy atom. The van der Waals surface area contributed by atoms with Crippen molar-refractivity contribution in [2.75, 3.05) is 6.61 Å². The fraction of sp³-hybridized carbons (Fsp3) is 0.0667. The highest BCUT2D eigenvalue weighted by molar-refractivity contribution is 6.35. The number of non-ortho nitro benzene ring substituents is 1. The molecule has 0 unspecified atom stereocenters. The SMILES string of the molecule is O=C(COc1ccc(Cl)cc1Cl)N/N=C/c1cccc([N+](=O)[O-])c1. The van der Waals surface area contributed by atoms with Gasteiger partial charge >= 0.3 is 0 Å². The quantitative estimate of drug-likeness (QED) is 0.480. The van der Waals surface area contributed by atoms with Crippen LogP contribution in [-0.2, 0) is 4.79 Å². The Kier molecular flexibility index (Phi) is 6.11. The number of ether oxygens (including phenoxy) is 1. The molecule has 2 aromatic carbocycles. The first kappa shape index (κ1) is 17.7. The third-order valence-corrected chi connectivity index (χ3v) is 3.27. The Balaban J connectivity index is 1.86. The number of halogens is 2. The summed E-state index contributed by atoms with van der Waals surface area (Å²) in [6.45, 7) is -0.298. The fourth-order valence-electron chi connectivity index (χ4n) is 1.67. The van der Waals surface area contributed by atoms with E-state index in [1.807, 2.05) is 0 Å². The number of benzene rings is 2. The standard InChI is InChI=1S/C15H11Cl2N3O4/c16-11-4-5-14(13(17)7-11)24-9-15(21)19-18-8-10-2-1-3-12(6-10)20(22)23/h1-8H,9H2,(H,19,21)/b18-8+. The van der Waals surface area contributed by atoms with Gasteiger partial charge in [-0.1, -0.05) is 35.3 Å². The summed E-state index contributed by atoms with van der Waals surface area (Å²) >= 11 is 11.7. The van der Waals surface area contributed by atoms with Crippen LogP contribution in [0, 0.1) is 10.1 Å². The summed E-state index contributed by atoms with van der Waals surface area (Å²) in [6, 6.07) is 10.5. The van der Waals surface area contributed by atoms with Gasteiger partial charge in [-0.15, -0.1) is 0 Å². The number of nitrogens with one attached hydrogen (secondary N) is 1. The summed E-state index contributed by atoms with van der Waals surface area (Å²) in [4.78, 5) is 21.8. The number of nitrogens with zero attached hydrogens (tertiary/aromatic N) is 2. The van der Waals surface area contributed by atoms with Gasteiger partial charge in [-0.2, -0.15) is 5.10 Å². The van der Waals surface area contributed by atoms with Gasteiger partial charge in [0.25, 0.3) is 11.6 Å². The Morgan fingerprint density at radius 3 is 2.79 bits per heavy atom. The van der Waals surface area contributed by atoms with E-state index in [1.54, 1.807) is 18.2 Å². The fourth-order valence-corrected chi connectivity index (χ4v) is 2.13. The lowest BCUT2D eigenvalue weighted by atomic mass is 10.2. The highest BCUT2D eigenvalue weighted by Crippen LogP contribution is 2.27. The normalized spacial score (nSPS) is 10.6. The number of hydrogen-bond acceptors (Lipinski definition) is 5. The molecule has 0 heterocycles. The second kappa shape index (κ2) is 8.28. The maximum atomic E-state index is 11.6. The molecule has 0 atom stereocenters. The third-order valence-electron chi connectivity index (χ3n) is 2.74. The minimum atomic E-state index is -0.514. The van der Waals surface area contributed by atoms with Gasteiger partial charge < -0.3 is 4.74 Å². The minimum absolute atomic E-state index is 0.0639. The Labute approximate surface area is 147 Å². The van der Waals surface area contributed by atoms with Crippen molar-refractivity contribution in [2.24, 2.45) is 5.10 Å². The van der Waals surface area contributed by atoms with Gasteiger partial charge in [0, 0.05) is 22.7 Å². The largest absolute Gasteiger partial charge is 0.482 e. The molecule has 2 aromatic rings. The van der Waals surface area contributed by atoms with Gasteiger partial charge in [0.1, 0.15) is 5.75 Å². The first-order valence-corrected chi connectivity index (χ1v) is 7.35. The van der Waals surface area contributed by atoms with E-state index in [-0.39, 0.29) is 17.3 Å². The number of hydrazone groups is 1. The molecule has 2 rings (SSSR count). The van der Waals surface area contributed by atoms with Crippen molar-refractivity contribution in [2.45, 2.75) is 0 Å². The molecule has 0 bridgehead atoms. The molecule has 7 nitrogen and oxygen atoms in total. The molecule has 0 aliphatic rings. The molecule has 0 radical (unpaired) electrons. The molecule has 0 aliphatic heterocycles. The van der Waals surface area contributed by atoms with E-state index in [0.29, 0.717) is 16.3 Å². The first-order valence-electron chi connectivity index (χ1n) is 6.60. The molecule has 24 heavy (non-hydrogen) atoms. The summed E-state index contributed by atoms with van der Waals surface area (Å²) in [5.41, 5.74) is 2.66. The third kappa shape index (κ3) is 5.22. The number of rotatable bonds is 6. The highest BCUT2D eigenvalue weighted by Gasteiger charge is 2.06. The van der Waals surface area contributed by atoms with Gasteiger partial charge in [-0.25, -0.2) is 5.43 Å². The molecule has 0 aliphatic carbocycles. The summed E-state index contributed by atoms with van der Waals surface area (Å²) in [5.74, 6) is -0.193. The predicted octanol–water partition coefficient (Wildman–Crippen LogP) is 3.43. The summed E-state index contributed by atoms with van der Waals surface area (Å²) in [6.07, 6.45) is 1.29. The number of nitro benzene ring substituents is 1. The van der Waals surface area contributed by atoms with Crippen molar-refractivity contribution in [1.82, 2.24) is 5.43 Å². The van der Waals surface area contributed by atoms with Crippen molar-refractivity contribution in [3.63, 3.8) is 0 Å². The van der Waals surface area contributed by atoms with Gasteiger partial charge in [-0.3, -0.25) is 14.9 Å². The maximum absolute atomic E-state index is 11.6. The molecule has 1 amide bonds. The predicted molar refractivity (Wildman–Crippen MR) is 90.8 cm³/mol. The topological polar surface area (TPSA) is 93.8 Å². The van der Waals surface area contributed by atoms with Gasteiger partial charge in [-0.05, 0) is 18.2 Å². The van der Waals surface area contributed by atoms with Crippen LogP contribution >= 0.6 is 23.2 Å². The van der Waals surface area contributed by atoms with E-state index in [2.05, 4.69) is 10.5 Å². The number of nitro groups is 1. The van der Waals surface area contributed by atoms with E-state index in [0.717, 1.165) is 0 Å². The zero-order valence-corrected chi connectivity index (χ0v) is 13.6. The number of carbonyl (C=O) groups excluding carboxylic acids is 1. The average molecular weight is 368 g/mol. The molecule has 0 spiro atoms. The number of carbonyl (C=O) groups is 1. The van der Waals surface area contributed by atoms with Crippen LogP contribution in [0.2, 0.25) is 10.0 Å². The van der Waals surface area contributed by atoms with Crippen LogP contribution in [0.15, 0.2) is 47.6 Å². The monoisotopic (exact) mass is 367 g/mol. The van der Waals surface area contributed by atoms with E-state index in [4.69, 9.17) is 27.9 Å². The smallest absolute Gasteiger partial charge is 0.277 e. The van der Waals surface area contributed by atoms with Crippen LogP contribution in [0.4, 0.5) is 5.69 Å². The molecule has 9 heteroatoms. The molecule has 124 valence electrons. The van der Waals surface area contributed by atoms with Gasteiger partial charge in [0.15, 0.2) is 6.61 Å². The van der Waals surface area contributed by atoms with Crippen molar-refractivity contribution < 1.29 is 14.5 Å². The molecular formula is C15H11Cl2N3O4. The molecule has 1 N–H and O–H groups in total. The highest BCUT2D eigenvalue weighted by atomic mass is 35.5. The van der Waals surface area contributed by atoms with Crippen molar-refractivity contribution in [3.05, 3.63) is 68.2 Å². The zero-order chi connectivity index (χ0) is 17.5. The summed E-state index contributed by atoms with van der Waals surface area (Å²) in [5, 5.41) is 15.1. The van der Waals surface area contributed by atoms with Gasteiger partial charge in [0.05, 0.1) is 16.2 Å². The molecule has 0 fully saturated rings. The maximum Gasteiger partial charge on any atom is 0.277 e. The summed E-state index contributed by atoms with van der Waals surface area (Å²) in [7, 11) is 0. The van der Waals surface area contributed by atoms with Crippen LogP contribution in [0.3, 0.4) is 0 Å². The van der Waals surface area contributed by atoms with Gasteiger partial charge in [0.2, 0.25) is 0 Å². The van der Waals surface area contributed by atoms with Crippen molar-refractivity contribution in [1.29, 1.82) is 0 Å². The van der Waals surface area contributed by atoms with Crippen LogP contribution in [0.25, 0.3) is 0 Å². The Hall–Kier alpha value is -2.64. The average Bonchev–Trinajstić information content (AvgIpc) is 2.54. The lowest BCUT2D eigenvalue weighted by Crippen LogP contribution is -2.24. The van der Waals surface area contributed by atoms with E-state index >= 15 is 0 Å². The van der Waals surface area contributed by atoms with E-state index in [9.17, 15) is 14.9 Å². The Bertz CT molecular complexity index is 796. The lowest BCUT2D eigenvalue weighted by Gasteiger charge is -2.06. The second-order valence-electron chi connectivity index (χ2n) is 4.51. The minimum Gasteiger partial charge on any atom is -0.482 e. The van der Waals surface area contributed by atoms with Crippen LogP contribution < -0.4 is 10.2 Å².